The van der Waals surface area contributed by atoms with Gasteiger partial charge in [0.2, 0.25) is 0 Å². The molecule has 0 unspecified atom stereocenters. The van der Waals surface area contributed by atoms with E-state index >= 15 is 0 Å². The number of para-hydroxylation sites is 1. The highest BCUT2D eigenvalue weighted by Gasteiger charge is 2.19. The molecule has 7 rings (SSSR count). The van der Waals surface area contributed by atoms with Gasteiger partial charge in [-0.1, -0.05) is 66.7 Å². The average Bonchev–Trinajstić information content (AvgIpc) is 3.30. The second-order valence-electron chi connectivity index (χ2n) is 9.62. The normalized spacial score (nSPS) is 11.4. The summed E-state index contributed by atoms with van der Waals surface area (Å²) in [4.78, 5) is 2.36. The molecule has 0 bridgehead atoms. The lowest BCUT2D eigenvalue weighted by molar-refractivity contribution is 0.827. The molecule has 1 aromatic heterocycles. The van der Waals surface area contributed by atoms with E-state index in [-0.39, 0.29) is 0 Å². The molecule has 0 atom stereocenters. The minimum Gasteiger partial charge on any atom is -0.341 e. The zero-order valence-corrected chi connectivity index (χ0v) is 21.1. The predicted octanol–water partition coefficient (Wildman–Crippen LogP) is 9.46. The van der Waals surface area contributed by atoms with E-state index in [9.17, 15) is 5.26 Å². The number of fused-ring (bicyclic) bond motifs is 6. The fourth-order valence-corrected chi connectivity index (χ4v) is 5.87. The third-order valence-electron chi connectivity index (χ3n) is 7.55. The molecular formula is C35H25N3. The van der Waals surface area contributed by atoms with Crippen LogP contribution in [0.2, 0.25) is 0 Å². The van der Waals surface area contributed by atoms with Gasteiger partial charge in [-0.3, -0.25) is 0 Å². The van der Waals surface area contributed by atoms with Gasteiger partial charge in [0.25, 0.3) is 0 Å². The first-order valence-corrected chi connectivity index (χ1v) is 13.0. The Morgan fingerprint density at radius 3 is 2.03 bits per heavy atom. The zero-order chi connectivity index (χ0) is 25.6. The Morgan fingerprint density at radius 1 is 0.605 bits per heavy atom. The Morgan fingerprint density at radius 2 is 1.26 bits per heavy atom. The Bertz CT molecular complexity index is 2030. The molecule has 0 fully saturated rings. The van der Waals surface area contributed by atoms with E-state index in [0.29, 0.717) is 5.56 Å². The van der Waals surface area contributed by atoms with Crippen LogP contribution in [0, 0.1) is 11.3 Å². The van der Waals surface area contributed by atoms with Crippen molar-refractivity contribution in [2.75, 3.05) is 4.90 Å². The Kier molecular flexibility index (Phi) is 5.13. The molecule has 0 N–H and O–H groups in total. The van der Waals surface area contributed by atoms with Crippen LogP contribution >= 0.6 is 0 Å². The smallest absolute Gasteiger partial charge is 0.0991 e. The second kappa shape index (κ2) is 8.80. The number of aryl methyl sites for hydroxylation is 1. The van der Waals surface area contributed by atoms with Crippen molar-refractivity contribution < 1.29 is 0 Å². The van der Waals surface area contributed by atoms with Crippen molar-refractivity contribution in [3.63, 3.8) is 0 Å². The van der Waals surface area contributed by atoms with E-state index < -0.39 is 0 Å². The molecule has 0 amide bonds. The topological polar surface area (TPSA) is 32.0 Å². The van der Waals surface area contributed by atoms with Crippen LogP contribution in [0.25, 0.3) is 43.4 Å². The van der Waals surface area contributed by atoms with Gasteiger partial charge in [-0.25, -0.2) is 0 Å². The van der Waals surface area contributed by atoms with Crippen molar-refractivity contribution >= 4 is 60.4 Å². The highest BCUT2D eigenvalue weighted by molar-refractivity contribution is 6.15. The third-order valence-corrected chi connectivity index (χ3v) is 7.55. The summed E-state index contributed by atoms with van der Waals surface area (Å²) in [6, 6.07) is 45.2. The summed E-state index contributed by atoms with van der Waals surface area (Å²) in [7, 11) is 0. The zero-order valence-electron chi connectivity index (χ0n) is 21.1. The highest BCUT2D eigenvalue weighted by atomic mass is 15.1. The average molecular weight is 488 g/mol. The number of nitriles is 1. The summed E-state index contributed by atoms with van der Waals surface area (Å²) in [5.41, 5.74) is 6.34. The molecule has 0 aliphatic rings. The van der Waals surface area contributed by atoms with Crippen LogP contribution in [0.5, 0.6) is 0 Å². The van der Waals surface area contributed by atoms with Gasteiger partial charge < -0.3 is 9.47 Å². The van der Waals surface area contributed by atoms with E-state index in [0.717, 1.165) is 39.9 Å². The van der Waals surface area contributed by atoms with Gasteiger partial charge >= 0.3 is 0 Å². The molecule has 0 spiro atoms. The summed E-state index contributed by atoms with van der Waals surface area (Å²) in [6.45, 7) is 3.03. The number of benzene rings is 6. The van der Waals surface area contributed by atoms with Crippen molar-refractivity contribution in [2.45, 2.75) is 13.5 Å². The third kappa shape index (κ3) is 3.35. The predicted molar refractivity (Wildman–Crippen MR) is 160 cm³/mol. The number of aromatic nitrogens is 1. The van der Waals surface area contributed by atoms with Crippen molar-refractivity contribution in [1.82, 2.24) is 4.57 Å². The summed E-state index contributed by atoms with van der Waals surface area (Å²) >= 11 is 0. The fourth-order valence-electron chi connectivity index (χ4n) is 5.87. The molecule has 0 radical (unpaired) electrons. The first kappa shape index (κ1) is 22.2. The lowest BCUT2D eigenvalue weighted by Gasteiger charge is -2.27. The van der Waals surface area contributed by atoms with Crippen LogP contribution in [-0.2, 0) is 6.54 Å². The van der Waals surface area contributed by atoms with Crippen LogP contribution in [-0.4, -0.2) is 4.57 Å². The maximum absolute atomic E-state index is 9.60. The first-order chi connectivity index (χ1) is 18.8. The number of anilines is 3. The van der Waals surface area contributed by atoms with Crippen LogP contribution in [0.4, 0.5) is 17.1 Å². The van der Waals surface area contributed by atoms with Crippen LogP contribution in [0.15, 0.2) is 121 Å². The van der Waals surface area contributed by atoms with E-state index in [2.05, 4.69) is 132 Å². The molecule has 1 heterocycles. The number of hydrogen-bond donors (Lipinski definition) is 0. The fraction of sp³-hybridized carbons (Fsp3) is 0.0571. The highest BCUT2D eigenvalue weighted by Crippen LogP contribution is 2.43. The lowest BCUT2D eigenvalue weighted by Crippen LogP contribution is -2.10. The van der Waals surface area contributed by atoms with Crippen LogP contribution in [0.1, 0.15) is 12.5 Å². The minimum absolute atomic E-state index is 0.679. The standard InChI is InChI=1S/C35H25N3/c1-2-37-33-18-16-24(23-36)20-31(33)32-22-27(17-19-34(32)37)38(26-11-4-3-5-12-26)35-21-25-10-6-7-13-28(25)29-14-8-9-15-30(29)35/h3-22H,2H2,1H3. The van der Waals surface area contributed by atoms with Crippen molar-refractivity contribution in [2.24, 2.45) is 0 Å². The molecule has 0 saturated heterocycles. The van der Waals surface area contributed by atoms with Gasteiger partial charge in [0, 0.05) is 45.1 Å². The quantitative estimate of drug-likeness (QED) is 0.232. The van der Waals surface area contributed by atoms with E-state index in [1.807, 2.05) is 12.1 Å². The molecular weight excluding hydrogens is 462 g/mol. The van der Waals surface area contributed by atoms with Gasteiger partial charge in [0.1, 0.15) is 0 Å². The summed E-state index contributed by atoms with van der Waals surface area (Å²) in [5, 5.41) is 16.8. The molecule has 3 heteroatoms. The molecule has 3 nitrogen and oxygen atoms in total. The van der Waals surface area contributed by atoms with Gasteiger partial charge in [0.05, 0.1) is 17.3 Å². The molecule has 180 valence electrons. The summed E-state index contributed by atoms with van der Waals surface area (Å²) in [5.74, 6) is 0. The van der Waals surface area contributed by atoms with Crippen molar-refractivity contribution in [3.05, 3.63) is 127 Å². The number of rotatable bonds is 4. The van der Waals surface area contributed by atoms with Gasteiger partial charge in [0.15, 0.2) is 0 Å². The number of nitrogens with zero attached hydrogens (tertiary/aromatic N) is 3. The molecule has 0 aliphatic carbocycles. The van der Waals surface area contributed by atoms with Gasteiger partial charge in [-0.2, -0.15) is 5.26 Å². The molecule has 6 aromatic carbocycles. The first-order valence-electron chi connectivity index (χ1n) is 13.0. The molecule has 0 saturated carbocycles. The largest absolute Gasteiger partial charge is 0.341 e. The maximum Gasteiger partial charge on any atom is 0.0991 e. The van der Waals surface area contributed by atoms with Crippen LogP contribution < -0.4 is 4.90 Å². The van der Waals surface area contributed by atoms with E-state index in [1.54, 1.807) is 0 Å². The van der Waals surface area contributed by atoms with Crippen molar-refractivity contribution in [1.29, 1.82) is 5.26 Å². The Labute approximate surface area is 221 Å². The van der Waals surface area contributed by atoms with Gasteiger partial charge in [-0.05, 0) is 77.7 Å². The number of hydrogen-bond acceptors (Lipinski definition) is 2. The van der Waals surface area contributed by atoms with E-state index in [1.165, 1.54) is 27.1 Å². The van der Waals surface area contributed by atoms with Gasteiger partial charge in [-0.15, -0.1) is 0 Å². The van der Waals surface area contributed by atoms with E-state index in [4.69, 9.17) is 0 Å². The Balaban J connectivity index is 1.56. The maximum atomic E-state index is 9.60. The summed E-state index contributed by atoms with van der Waals surface area (Å²) < 4.78 is 2.33. The molecule has 0 aliphatic heterocycles. The Hall–Kier alpha value is -5.07. The minimum atomic E-state index is 0.679. The summed E-state index contributed by atoms with van der Waals surface area (Å²) in [6.07, 6.45) is 0. The lowest BCUT2D eigenvalue weighted by atomic mass is 9.99. The van der Waals surface area contributed by atoms with Crippen LogP contribution in [0.3, 0.4) is 0 Å². The SMILES string of the molecule is CCn1c2ccc(C#N)cc2c2cc(N(c3ccccc3)c3cc4ccccc4c4ccccc34)ccc21. The second-order valence-corrected chi connectivity index (χ2v) is 9.62. The monoisotopic (exact) mass is 487 g/mol. The van der Waals surface area contributed by atoms with Crippen molar-refractivity contribution in [3.8, 4) is 6.07 Å². The molecule has 7 aromatic rings. The molecule has 38 heavy (non-hydrogen) atoms.